The van der Waals surface area contributed by atoms with Crippen LogP contribution in [0.15, 0.2) is 24.3 Å². The number of hydrogen-bond acceptors (Lipinski definition) is 1. The van der Waals surface area contributed by atoms with Gasteiger partial charge in [0.05, 0.1) is 0 Å². The Morgan fingerprint density at radius 1 is 1.05 bits per heavy atom. The van der Waals surface area contributed by atoms with Crippen LogP contribution in [0.4, 0.5) is 4.39 Å². The molecular weight excluding hydrogens is 237 g/mol. The minimum absolute atomic E-state index is 0.200. The number of rotatable bonds is 9. The van der Waals surface area contributed by atoms with E-state index in [1.54, 1.807) is 12.1 Å². The van der Waals surface area contributed by atoms with E-state index >= 15 is 0 Å². The molecule has 0 saturated heterocycles. The van der Waals surface area contributed by atoms with E-state index in [1.165, 1.54) is 44.6 Å². The topological polar surface area (TPSA) is 26.0 Å². The highest BCUT2D eigenvalue weighted by molar-refractivity contribution is 5.23. The standard InChI is InChI=1S/C17H28FN/c1-3-4-5-6-7-8-9-13-17(2,19)15-11-10-12-16(18)14-15/h10-12,14H,3-9,13,19H2,1-2H3. The normalized spacial score (nSPS) is 14.3. The van der Waals surface area contributed by atoms with Crippen LogP contribution in [-0.4, -0.2) is 0 Å². The van der Waals surface area contributed by atoms with Crippen LogP contribution in [-0.2, 0) is 5.54 Å². The van der Waals surface area contributed by atoms with Gasteiger partial charge in [-0.2, -0.15) is 0 Å². The van der Waals surface area contributed by atoms with Crippen molar-refractivity contribution in [2.24, 2.45) is 5.73 Å². The molecule has 0 fully saturated rings. The summed E-state index contributed by atoms with van der Waals surface area (Å²) in [4.78, 5) is 0. The smallest absolute Gasteiger partial charge is 0.123 e. The lowest BCUT2D eigenvalue weighted by atomic mass is 9.87. The molecule has 108 valence electrons. The van der Waals surface area contributed by atoms with Gasteiger partial charge in [0.2, 0.25) is 0 Å². The van der Waals surface area contributed by atoms with E-state index in [0.717, 1.165) is 18.4 Å². The zero-order valence-electron chi connectivity index (χ0n) is 12.4. The molecule has 1 aromatic rings. The average molecular weight is 265 g/mol. The summed E-state index contributed by atoms with van der Waals surface area (Å²) in [5.74, 6) is -0.200. The first-order chi connectivity index (χ1) is 9.06. The van der Waals surface area contributed by atoms with E-state index in [9.17, 15) is 4.39 Å². The minimum atomic E-state index is -0.411. The summed E-state index contributed by atoms with van der Waals surface area (Å²) in [5, 5.41) is 0. The second kappa shape index (κ2) is 8.31. The molecule has 1 nitrogen and oxygen atoms in total. The maximum absolute atomic E-state index is 13.2. The molecule has 1 aromatic carbocycles. The van der Waals surface area contributed by atoms with Crippen molar-refractivity contribution >= 4 is 0 Å². The highest BCUT2D eigenvalue weighted by Crippen LogP contribution is 2.25. The van der Waals surface area contributed by atoms with Crippen molar-refractivity contribution in [1.82, 2.24) is 0 Å². The first kappa shape index (κ1) is 16.2. The van der Waals surface area contributed by atoms with Gasteiger partial charge < -0.3 is 5.73 Å². The van der Waals surface area contributed by atoms with Crippen molar-refractivity contribution < 1.29 is 4.39 Å². The molecule has 2 N–H and O–H groups in total. The summed E-state index contributed by atoms with van der Waals surface area (Å²) in [7, 11) is 0. The van der Waals surface area contributed by atoms with Crippen LogP contribution in [0.5, 0.6) is 0 Å². The molecule has 19 heavy (non-hydrogen) atoms. The van der Waals surface area contributed by atoms with Crippen molar-refractivity contribution in [2.75, 3.05) is 0 Å². The Morgan fingerprint density at radius 2 is 1.68 bits per heavy atom. The Kier molecular flexibility index (Phi) is 7.07. The molecule has 1 rings (SSSR count). The first-order valence-electron chi connectivity index (χ1n) is 7.61. The maximum Gasteiger partial charge on any atom is 0.123 e. The predicted octanol–water partition coefficient (Wildman–Crippen LogP) is 5.14. The molecule has 1 atom stereocenters. The summed E-state index contributed by atoms with van der Waals surface area (Å²) >= 11 is 0. The van der Waals surface area contributed by atoms with E-state index in [0.29, 0.717) is 0 Å². The molecule has 0 spiro atoms. The molecule has 0 heterocycles. The highest BCUT2D eigenvalue weighted by Gasteiger charge is 2.20. The largest absolute Gasteiger partial charge is 0.322 e. The van der Waals surface area contributed by atoms with Crippen LogP contribution in [0, 0.1) is 5.82 Å². The van der Waals surface area contributed by atoms with Crippen LogP contribution in [0.2, 0.25) is 0 Å². The Hall–Kier alpha value is -0.890. The highest BCUT2D eigenvalue weighted by atomic mass is 19.1. The second-order valence-electron chi connectivity index (χ2n) is 5.80. The Labute approximate surface area is 117 Å². The summed E-state index contributed by atoms with van der Waals surface area (Å²) in [6.07, 6.45) is 9.87. The molecule has 0 aromatic heterocycles. The summed E-state index contributed by atoms with van der Waals surface area (Å²) in [5.41, 5.74) is 6.79. The van der Waals surface area contributed by atoms with Crippen molar-refractivity contribution in [3.8, 4) is 0 Å². The molecule has 0 bridgehead atoms. The average Bonchev–Trinajstić information content (AvgIpc) is 2.38. The lowest BCUT2D eigenvalue weighted by Crippen LogP contribution is -2.32. The van der Waals surface area contributed by atoms with E-state index in [2.05, 4.69) is 6.92 Å². The monoisotopic (exact) mass is 265 g/mol. The number of halogens is 1. The molecule has 0 aliphatic carbocycles. The summed E-state index contributed by atoms with van der Waals surface area (Å²) < 4.78 is 13.2. The zero-order valence-corrected chi connectivity index (χ0v) is 12.4. The van der Waals surface area contributed by atoms with Crippen molar-refractivity contribution in [3.63, 3.8) is 0 Å². The molecule has 1 unspecified atom stereocenters. The predicted molar refractivity (Wildman–Crippen MR) is 80.5 cm³/mol. The molecule has 0 radical (unpaired) electrons. The van der Waals surface area contributed by atoms with E-state index < -0.39 is 5.54 Å². The van der Waals surface area contributed by atoms with E-state index in [1.807, 2.05) is 13.0 Å². The Morgan fingerprint density at radius 3 is 2.32 bits per heavy atom. The third-order valence-corrected chi connectivity index (χ3v) is 3.78. The van der Waals surface area contributed by atoms with Crippen LogP contribution >= 0.6 is 0 Å². The third kappa shape index (κ3) is 6.20. The van der Waals surface area contributed by atoms with Gasteiger partial charge in [-0.25, -0.2) is 4.39 Å². The number of nitrogens with two attached hydrogens (primary N) is 1. The molecule has 0 aliphatic heterocycles. The van der Waals surface area contributed by atoms with Crippen LogP contribution in [0.1, 0.15) is 70.8 Å². The summed E-state index contributed by atoms with van der Waals surface area (Å²) in [6, 6.07) is 6.68. The summed E-state index contributed by atoms with van der Waals surface area (Å²) in [6.45, 7) is 4.23. The quantitative estimate of drug-likeness (QED) is 0.615. The van der Waals surface area contributed by atoms with E-state index in [4.69, 9.17) is 5.73 Å². The number of unbranched alkanes of at least 4 members (excludes halogenated alkanes) is 6. The fourth-order valence-electron chi connectivity index (χ4n) is 2.44. The lowest BCUT2D eigenvalue weighted by Gasteiger charge is -2.25. The number of hydrogen-bond donors (Lipinski definition) is 1. The number of benzene rings is 1. The molecule has 0 aliphatic rings. The van der Waals surface area contributed by atoms with Crippen LogP contribution < -0.4 is 5.73 Å². The molecule has 2 heteroatoms. The van der Waals surface area contributed by atoms with E-state index in [-0.39, 0.29) is 5.82 Å². The fourth-order valence-corrected chi connectivity index (χ4v) is 2.44. The van der Waals surface area contributed by atoms with Gasteiger partial charge in [0.25, 0.3) is 0 Å². The van der Waals surface area contributed by atoms with Gasteiger partial charge in [-0.05, 0) is 31.0 Å². The second-order valence-corrected chi connectivity index (χ2v) is 5.80. The maximum atomic E-state index is 13.2. The lowest BCUT2D eigenvalue weighted by molar-refractivity contribution is 0.418. The van der Waals surface area contributed by atoms with Crippen molar-refractivity contribution in [2.45, 2.75) is 70.8 Å². The van der Waals surface area contributed by atoms with Crippen LogP contribution in [0.3, 0.4) is 0 Å². The zero-order chi connectivity index (χ0) is 14.1. The van der Waals surface area contributed by atoms with Crippen molar-refractivity contribution in [3.05, 3.63) is 35.6 Å². The van der Waals surface area contributed by atoms with Gasteiger partial charge >= 0.3 is 0 Å². The van der Waals surface area contributed by atoms with Crippen molar-refractivity contribution in [1.29, 1.82) is 0 Å². The molecular formula is C17H28FN. The van der Waals surface area contributed by atoms with Gasteiger partial charge in [0.1, 0.15) is 5.82 Å². The SMILES string of the molecule is CCCCCCCCCC(C)(N)c1cccc(F)c1. The van der Waals surface area contributed by atoms with Gasteiger partial charge in [0.15, 0.2) is 0 Å². The minimum Gasteiger partial charge on any atom is -0.322 e. The molecule has 0 saturated carbocycles. The fraction of sp³-hybridized carbons (Fsp3) is 0.647. The van der Waals surface area contributed by atoms with Gasteiger partial charge in [-0.1, -0.05) is 64.0 Å². The third-order valence-electron chi connectivity index (χ3n) is 3.78. The van der Waals surface area contributed by atoms with Crippen LogP contribution in [0.25, 0.3) is 0 Å². The Bertz CT molecular complexity index is 360. The molecule has 0 amide bonds. The Balaban J connectivity index is 2.27. The van der Waals surface area contributed by atoms with Gasteiger partial charge in [0, 0.05) is 5.54 Å². The first-order valence-corrected chi connectivity index (χ1v) is 7.61. The van der Waals surface area contributed by atoms with Gasteiger partial charge in [-0.3, -0.25) is 0 Å². The van der Waals surface area contributed by atoms with Gasteiger partial charge in [-0.15, -0.1) is 0 Å².